The topological polar surface area (TPSA) is 70.9 Å². The van der Waals surface area contributed by atoms with Gasteiger partial charge in [0, 0.05) is 18.4 Å². The quantitative estimate of drug-likeness (QED) is 0.913. The molecule has 5 heteroatoms. The van der Waals surface area contributed by atoms with Crippen molar-refractivity contribution in [2.75, 3.05) is 13.2 Å². The van der Waals surface area contributed by atoms with Gasteiger partial charge in [-0.3, -0.25) is 0 Å². The number of nitrogens with zero attached hydrogens (tertiary/aromatic N) is 2. The Bertz CT molecular complexity index is 628. The number of hydrogen-bond donors (Lipinski definition) is 1. The molecule has 1 aliphatic rings. The number of ether oxygens (including phenoxy) is 2. The standard InChI is InChI=1S/C14H13N3O2/c15-5-1-2-14-16-9-11(17-14)10-3-4-12-13(8-10)19-7-6-18-12/h3-4,8-9H,1-2,6-7H2,(H,16,17). The predicted octanol–water partition coefficient (Wildman–Crippen LogP) is 2.30. The first-order valence-corrected chi connectivity index (χ1v) is 6.17. The van der Waals surface area contributed by atoms with Crippen LogP contribution in [-0.4, -0.2) is 23.2 Å². The van der Waals surface area contributed by atoms with E-state index in [1.165, 1.54) is 0 Å². The summed E-state index contributed by atoms with van der Waals surface area (Å²) in [6.45, 7) is 1.17. The number of benzene rings is 1. The summed E-state index contributed by atoms with van der Waals surface area (Å²) in [6.07, 6.45) is 2.88. The van der Waals surface area contributed by atoms with Gasteiger partial charge in [-0.2, -0.15) is 5.26 Å². The van der Waals surface area contributed by atoms with Gasteiger partial charge in [0.25, 0.3) is 0 Å². The van der Waals surface area contributed by atoms with Crippen molar-refractivity contribution in [3.63, 3.8) is 0 Å². The number of aryl methyl sites for hydroxylation is 1. The molecule has 19 heavy (non-hydrogen) atoms. The van der Waals surface area contributed by atoms with Gasteiger partial charge in [0.05, 0.1) is 18.0 Å². The van der Waals surface area contributed by atoms with Crippen molar-refractivity contribution in [2.45, 2.75) is 12.8 Å². The van der Waals surface area contributed by atoms with Crippen LogP contribution in [0, 0.1) is 11.3 Å². The molecule has 96 valence electrons. The third-order valence-electron chi connectivity index (χ3n) is 2.96. The maximum Gasteiger partial charge on any atom is 0.162 e. The molecular formula is C14H13N3O2. The second-order valence-electron chi connectivity index (χ2n) is 4.26. The Balaban J connectivity index is 1.85. The van der Waals surface area contributed by atoms with Crippen molar-refractivity contribution in [3.8, 4) is 28.8 Å². The summed E-state index contributed by atoms with van der Waals surface area (Å²) in [4.78, 5) is 7.48. The summed E-state index contributed by atoms with van der Waals surface area (Å²) in [5.41, 5.74) is 1.92. The molecule has 1 aromatic heterocycles. The van der Waals surface area contributed by atoms with Crippen LogP contribution in [-0.2, 0) is 6.42 Å². The number of imidazole rings is 1. The SMILES string of the molecule is N#CCCc1ncc(-c2ccc3c(c2)OCCO3)[nH]1. The van der Waals surface area contributed by atoms with Gasteiger partial charge in [-0.1, -0.05) is 0 Å². The monoisotopic (exact) mass is 255 g/mol. The number of fused-ring (bicyclic) bond motifs is 1. The second kappa shape index (κ2) is 5.02. The van der Waals surface area contributed by atoms with Crippen LogP contribution in [0.25, 0.3) is 11.3 Å². The first-order chi connectivity index (χ1) is 9.36. The summed E-state index contributed by atoms with van der Waals surface area (Å²) in [6, 6.07) is 7.92. The van der Waals surface area contributed by atoms with Gasteiger partial charge < -0.3 is 14.5 Å². The molecule has 0 aliphatic carbocycles. The van der Waals surface area contributed by atoms with E-state index in [0.29, 0.717) is 26.1 Å². The van der Waals surface area contributed by atoms with Crippen LogP contribution in [0.4, 0.5) is 0 Å². The van der Waals surface area contributed by atoms with E-state index in [0.717, 1.165) is 28.6 Å². The van der Waals surface area contributed by atoms with E-state index in [1.54, 1.807) is 6.20 Å². The lowest BCUT2D eigenvalue weighted by atomic mass is 10.1. The average Bonchev–Trinajstić information content (AvgIpc) is 2.93. The highest BCUT2D eigenvalue weighted by atomic mass is 16.6. The molecule has 0 unspecified atom stereocenters. The number of rotatable bonds is 3. The smallest absolute Gasteiger partial charge is 0.162 e. The van der Waals surface area contributed by atoms with Crippen LogP contribution in [0.1, 0.15) is 12.2 Å². The highest BCUT2D eigenvalue weighted by Gasteiger charge is 2.13. The predicted molar refractivity (Wildman–Crippen MR) is 68.9 cm³/mol. The van der Waals surface area contributed by atoms with Crippen LogP contribution in [0.5, 0.6) is 11.5 Å². The summed E-state index contributed by atoms with van der Waals surface area (Å²) in [5, 5.41) is 8.56. The first kappa shape index (κ1) is 11.6. The van der Waals surface area contributed by atoms with Crippen molar-refractivity contribution in [1.82, 2.24) is 9.97 Å². The van der Waals surface area contributed by atoms with Crippen molar-refractivity contribution < 1.29 is 9.47 Å². The highest BCUT2D eigenvalue weighted by Crippen LogP contribution is 2.33. The summed E-state index contributed by atoms with van der Waals surface area (Å²) in [5.74, 6) is 2.36. The Morgan fingerprint density at radius 2 is 2.11 bits per heavy atom. The first-order valence-electron chi connectivity index (χ1n) is 6.17. The second-order valence-corrected chi connectivity index (χ2v) is 4.26. The molecule has 1 aliphatic heterocycles. The molecule has 0 spiro atoms. The lowest BCUT2D eigenvalue weighted by molar-refractivity contribution is 0.171. The molecule has 2 aromatic rings. The summed E-state index contributed by atoms with van der Waals surface area (Å²) >= 11 is 0. The molecule has 0 saturated carbocycles. The van der Waals surface area contributed by atoms with Gasteiger partial charge in [-0.15, -0.1) is 0 Å². The van der Waals surface area contributed by atoms with Gasteiger partial charge in [-0.05, 0) is 18.2 Å². The van der Waals surface area contributed by atoms with Crippen molar-refractivity contribution in [2.24, 2.45) is 0 Å². The lowest BCUT2D eigenvalue weighted by Crippen LogP contribution is -2.15. The fraction of sp³-hybridized carbons (Fsp3) is 0.286. The molecule has 0 amide bonds. The fourth-order valence-electron chi connectivity index (χ4n) is 2.02. The zero-order chi connectivity index (χ0) is 13.1. The average molecular weight is 255 g/mol. The minimum Gasteiger partial charge on any atom is -0.486 e. The Labute approximate surface area is 110 Å². The number of nitriles is 1. The van der Waals surface area contributed by atoms with E-state index in [2.05, 4.69) is 16.0 Å². The number of aromatic nitrogens is 2. The Morgan fingerprint density at radius 3 is 2.95 bits per heavy atom. The summed E-state index contributed by atoms with van der Waals surface area (Å²) < 4.78 is 11.0. The van der Waals surface area contributed by atoms with Crippen molar-refractivity contribution in [1.29, 1.82) is 5.26 Å². The molecule has 0 fully saturated rings. The van der Waals surface area contributed by atoms with E-state index >= 15 is 0 Å². The van der Waals surface area contributed by atoms with Gasteiger partial charge >= 0.3 is 0 Å². The molecule has 0 radical (unpaired) electrons. The number of nitrogens with one attached hydrogen (secondary N) is 1. The van der Waals surface area contributed by atoms with Crippen LogP contribution >= 0.6 is 0 Å². The Hall–Kier alpha value is -2.48. The third kappa shape index (κ3) is 2.38. The van der Waals surface area contributed by atoms with E-state index in [4.69, 9.17) is 14.7 Å². The van der Waals surface area contributed by atoms with Gasteiger partial charge in [0.2, 0.25) is 0 Å². The van der Waals surface area contributed by atoms with Crippen LogP contribution in [0.2, 0.25) is 0 Å². The maximum atomic E-state index is 8.56. The minimum atomic E-state index is 0.466. The van der Waals surface area contributed by atoms with E-state index in [1.807, 2.05) is 18.2 Å². The van der Waals surface area contributed by atoms with E-state index in [-0.39, 0.29) is 0 Å². The Morgan fingerprint density at radius 1 is 1.26 bits per heavy atom. The molecular weight excluding hydrogens is 242 g/mol. The molecule has 2 heterocycles. The molecule has 1 aromatic carbocycles. The van der Waals surface area contributed by atoms with Gasteiger partial charge in [0.1, 0.15) is 19.0 Å². The molecule has 1 N–H and O–H groups in total. The largest absolute Gasteiger partial charge is 0.486 e. The van der Waals surface area contributed by atoms with E-state index < -0.39 is 0 Å². The number of hydrogen-bond acceptors (Lipinski definition) is 4. The molecule has 5 nitrogen and oxygen atoms in total. The summed E-state index contributed by atoms with van der Waals surface area (Å²) in [7, 11) is 0. The van der Waals surface area contributed by atoms with Crippen LogP contribution < -0.4 is 9.47 Å². The molecule has 0 saturated heterocycles. The highest BCUT2D eigenvalue weighted by molar-refractivity contribution is 5.63. The third-order valence-corrected chi connectivity index (χ3v) is 2.96. The molecule has 0 bridgehead atoms. The normalized spacial score (nSPS) is 13.0. The van der Waals surface area contributed by atoms with Gasteiger partial charge in [-0.25, -0.2) is 4.98 Å². The lowest BCUT2D eigenvalue weighted by Gasteiger charge is -2.18. The number of H-pyrrole nitrogens is 1. The van der Waals surface area contributed by atoms with Crippen molar-refractivity contribution >= 4 is 0 Å². The van der Waals surface area contributed by atoms with Crippen LogP contribution in [0.15, 0.2) is 24.4 Å². The Kier molecular flexibility index (Phi) is 3.07. The maximum absolute atomic E-state index is 8.56. The van der Waals surface area contributed by atoms with Crippen LogP contribution in [0.3, 0.4) is 0 Å². The fourth-order valence-corrected chi connectivity index (χ4v) is 2.02. The van der Waals surface area contributed by atoms with Gasteiger partial charge in [0.15, 0.2) is 11.5 Å². The van der Waals surface area contributed by atoms with Crippen molar-refractivity contribution in [3.05, 3.63) is 30.2 Å². The zero-order valence-electron chi connectivity index (χ0n) is 10.3. The zero-order valence-corrected chi connectivity index (χ0v) is 10.3. The minimum absolute atomic E-state index is 0.466. The van der Waals surface area contributed by atoms with E-state index in [9.17, 15) is 0 Å². The molecule has 3 rings (SSSR count). The molecule has 0 atom stereocenters. The number of aromatic amines is 1.